The predicted octanol–water partition coefficient (Wildman–Crippen LogP) is 22.9. The lowest BCUT2D eigenvalue weighted by Crippen LogP contribution is -1.82. The summed E-state index contributed by atoms with van der Waals surface area (Å²) in [6.07, 6.45) is 24.4. The van der Waals surface area contributed by atoms with Gasteiger partial charge in [-0.1, -0.05) is 297 Å². The molecule has 0 radical (unpaired) electrons. The van der Waals surface area contributed by atoms with Crippen molar-refractivity contribution in [3.63, 3.8) is 0 Å². The summed E-state index contributed by atoms with van der Waals surface area (Å²) in [5, 5.41) is 22.5. The molecule has 0 unspecified atom stereocenters. The van der Waals surface area contributed by atoms with Crippen molar-refractivity contribution in [3.8, 4) is 0 Å². The van der Waals surface area contributed by atoms with E-state index < -0.39 is 0 Å². The van der Waals surface area contributed by atoms with Gasteiger partial charge in [0.25, 0.3) is 0 Å². The molecule has 6 heterocycles. The van der Waals surface area contributed by atoms with Crippen LogP contribution in [0.1, 0.15) is 0 Å². The number of hydrogen-bond donors (Lipinski definition) is 0. The van der Waals surface area contributed by atoms with Crippen molar-refractivity contribution in [2.24, 2.45) is 0 Å². The van der Waals surface area contributed by atoms with E-state index in [2.05, 4.69) is 297 Å². The van der Waals surface area contributed by atoms with Gasteiger partial charge in [-0.2, -0.15) is 0 Å². The maximum atomic E-state index is 4.18. The van der Waals surface area contributed by atoms with Gasteiger partial charge in [-0.25, -0.2) is 24.9 Å². The van der Waals surface area contributed by atoms with Crippen LogP contribution >= 0.6 is 0 Å². The summed E-state index contributed by atoms with van der Waals surface area (Å²) in [5.74, 6) is 0. The molecular formula is C93H73N11. The fourth-order valence-corrected chi connectivity index (χ4v) is 11.0. The van der Waals surface area contributed by atoms with Gasteiger partial charge < -0.3 is 0 Å². The van der Waals surface area contributed by atoms with Crippen molar-refractivity contribution in [3.05, 3.63) is 445 Å². The maximum Gasteiger partial charge on any atom is 0.119 e. The summed E-state index contributed by atoms with van der Waals surface area (Å²) in [4.78, 5) is 41.7. The Morgan fingerprint density at radius 3 is 0.740 bits per heavy atom. The average molecular weight is 1340 g/mol. The molecule has 0 aliphatic rings. The summed E-state index contributed by atoms with van der Waals surface area (Å²) in [7, 11) is 0. The number of hydrogen-bond acceptors (Lipinski definition) is 11. The summed E-state index contributed by atoms with van der Waals surface area (Å²) < 4.78 is 0. The highest BCUT2D eigenvalue weighted by Crippen LogP contribution is 2.34. The Morgan fingerprint density at radius 1 is 0.135 bits per heavy atom. The van der Waals surface area contributed by atoms with Gasteiger partial charge in [-0.3, -0.25) is 29.9 Å². The number of fused-ring (bicyclic) bond motifs is 8. The summed E-state index contributed by atoms with van der Waals surface area (Å²) >= 11 is 0. The Labute approximate surface area is 604 Å². The van der Waals surface area contributed by atoms with Crippen LogP contribution in [0.25, 0.3) is 108 Å². The molecule has 0 atom stereocenters. The molecule has 0 saturated carbocycles. The lowest BCUT2D eigenvalue weighted by Gasteiger charge is -2.09. The Hall–Kier alpha value is -14.3. The fraction of sp³-hybridized carbons (Fsp3) is 0. The number of benzene rings is 15. The molecule has 21 aromatic rings. The van der Waals surface area contributed by atoms with Crippen molar-refractivity contribution in [2.45, 2.75) is 0 Å². The van der Waals surface area contributed by atoms with E-state index in [1.807, 2.05) is 109 Å². The van der Waals surface area contributed by atoms with Gasteiger partial charge >= 0.3 is 0 Å². The van der Waals surface area contributed by atoms with Gasteiger partial charge in [0.15, 0.2) is 0 Å². The molecule has 15 aromatic carbocycles. The second-order valence-electron chi connectivity index (χ2n) is 22.7. The average Bonchev–Trinajstić information content (AvgIpc) is 0.751. The van der Waals surface area contributed by atoms with E-state index in [9.17, 15) is 0 Å². The van der Waals surface area contributed by atoms with Crippen LogP contribution in [0, 0.1) is 0 Å². The van der Waals surface area contributed by atoms with Gasteiger partial charge in [0, 0.05) is 73.6 Å². The van der Waals surface area contributed by atoms with Crippen molar-refractivity contribution < 1.29 is 0 Å². The van der Waals surface area contributed by atoms with E-state index in [0.717, 1.165) is 16.6 Å². The molecule has 0 bridgehead atoms. The van der Waals surface area contributed by atoms with Crippen LogP contribution in [-0.4, -0.2) is 54.8 Å². The zero-order valence-electron chi connectivity index (χ0n) is 57.1. The standard InChI is InChI=1S/C16H10.2C14H10.C10H8.C9H7N.C8H6N2.C6H6.C5H5N.2C4H4N2.C3H3N3/c1-3-11-7-9-13-5-2-6-14-10-8-12(4-1)15(11)16(13)14;1-3-7-13-11(5-1)9-10-12-6-2-4-8-14(12)13;1-2-6-12-10-14-8-4-3-7-13(14)9-11(12)5-1;1-2-6-10-8-4-3-7-9(10)5-1;1-2-6-9-8(4-1)5-3-7-10-9;1-2-4-8-7(3-1)9-5-6-10-8;2*1-2-4-6-5-3-1;1-2-6-4-3-5-1;1-2-5-4-6-3-1;1-4-2-6-3-5-1/h1-10H;2*1-10H;1-8H;1-7H;1-6H;1-6H;1-5H;2*1-4H;1-3H. The van der Waals surface area contributed by atoms with E-state index in [4.69, 9.17) is 0 Å². The summed E-state index contributed by atoms with van der Waals surface area (Å²) in [6.45, 7) is 0. The Kier molecular flexibility index (Phi) is 27.7. The Morgan fingerprint density at radius 2 is 0.413 bits per heavy atom. The number of pyridine rings is 2. The molecule has 104 heavy (non-hydrogen) atoms. The first kappa shape index (κ1) is 71.0. The first-order chi connectivity index (χ1) is 51.7. The highest BCUT2D eigenvalue weighted by molar-refractivity contribution is 6.23. The molecule has 0 aliphatic heterocycles. The Balaban J connectivity index is 0.000000117. The highest BCUT2D eigenvalue weighted by atomic mass is 14.9. The van der Waals surface area contributed by atoms with Gasteiger partial charge in [-0.05, 0) is 141 Å². The van der Waals surface area contributed by atoms with Crippen LogP contribution in [0.2, 0.25) is 0 Å². The minimum absolute atomic E-state index is 0.949. The van der Waals surface area contributed by atoms with Crippen LogP contribution in [-0.2, 0) is 0 Å². The van der Waals surface area contributed by atoms with Crippen LogP contribution < -0.4 is 0 Å². The van der Waals surface area contributed by atoms with E-state index in [0.29, 0.717) is 0 Å². The van der Waals surface area contributed by atoms with E-state index in [-0.39, 0.29) is 0 Å². The van der Waals surface area contributed by atoms with E-state index in [1.54, 1.807) is 68.0 Å². The molecule has 11 nitrogen and oxygen atoms in total. The van der Waals surface area contributed by atoms with Crippen molar-refractivity contribution in [2.75, 3.05) is 0 Å². The lowest BCUT2D eigenvalue weighted by atomic mass is 9.95. The first-order valence-corrected chi connectivity index (χ1v) is 33.8. The molecule has 0 fully saturated rings. The minimum atomic E-state index is 0.949. The minimum Gasteiger partial charge on any atom is -0.265 e. The maximum absolute atomic E-state index is 4.18. The fourth-order valence-electron chi connectivity index (χ4n) is 11.0. The highest BCUT2D eigenvalue weighted by Gasteiger charge is 2.06. The molecule has 21 rings (SSSR count). The van der Waals surface area contributed by atoms with Crippen molar-refractivity contribution >= 4 is 108 Å². The lowest BCUT2D eigenvalue weighted by molar-refractivity contribution is 1.05. The number of nitrogens with zero attached hydrogens (tertiary/aromatic N) is 11. The topological polar surface area (TPSA) is 142 Å². The van der Waals surface area contributed by atoms with E-state index >= 15 is 0 Å². The predicted molar refractivity (Wildman–Crippen MR) is 433 cm³/mol. The molecule has 0 aliphatic carbocycles. The molecule has 0 N–H and O–H groups in total. The van der Waals surface area contributed by atoms with Gasteiger partial charge in [0.1, 0.15) is 25.3 Å². The SMILES string of the molecule is c1cc2ccc3cccc4ccc(c1)c2c34.c1ccc2c(c1)ccc1ccccc12.c1ccc2cc3ccccc3cc2c1.c1ccc2ccccc2c1.c1ccc2ncccc2c1.c1ccc2nccnc2c1.c1ccccc1.c1ccncc1.c1cnccn1.c1cncnc1.c1ncncn1. The van der Waals surface area contributed by atoms with Gasteiger partial charge in [0.2, 0.25) is 0 Å². The zero-order chi connectivity index (χ0) is 70.9. The first-order valence-electron chi connectivity index (χ1n) is 33.8. The molecule has 11 heteroatoms. The summed E-state index contributed by atoms with van der Waals surface area (Å²) in [6, 6.07) is 121. The summed E-state index contributed by atoms with van der Waals surface area (Å²) in [5.41, 5.74) is 2.96. The smallest absolute Gasteiger partial charge is 0.119 e. The molecular weight excluding hydrogens is 1270 g/mol. The van der Waals surface area contributed by atoms with Gasteiger partial charge in [0.05, 0.1) is 16.6 Å². The third kappa shape index (κ3) is 22.1. The third-order valence-electron chi connectivity index (χ3n) is 15.8. The van der Waals surface area contributed by atoms with E-state index in [1.165, 1.54) is 117 Å². The molecule has 500 valence electrons. The quantitative estimate of drug-likeness (QED) is 0.106. The zero-order valence-corrected chi connectivity index (χ0v) is 57.1. The largest absolute Gasteiger partial charge is 0.265 e. The number of rotatable bonds is 0. The second kappa shape index (κ2) is 40.6. The molecule has 0 saturated heterocycles. The van der Waals surface area contributed by atoms with Crippen molar-refractivity contribution in [1.82, 2.24) is 54.8 Å². The molecule has 0 amide bonds. The monoisotopic (exact) mass is 1340 g/mol. The molecule has 0 spiro atoms. The Bertz CT molecular complexity index is 4920. The second-order valence-corrected chi connectivity index (χ2v) is 22.7. The van der Waals surface area contributed by atoms with Crippen LogP contribution in [0.15, 0.2) is 445 Å². The van der Waals surface area contributed by atoms with Crippen LogP contribution in [0.3, 0.4) is 0 Å². The van der Waals surface area contributed by atoms with Gasteiger partial charge in [-0.15, -0.1) is 0 Å². The third-order valence-corrected chi connectivity index (χ3v) is 15.8. The van der Waals surface area contributed by atoms with Crippen molar-refractivity contribution in [1.29, 1.82) is 0 Å². The van der Waals surface area contributed by atoms with Crippen LogP contribution in [0.5, 0.6) is 0 Å². The number of aromatic nitrogens is 11. The molecule has 6 aromatic heterocycles. The normalized spacial score (nSPS) is 9.92. The van der Waals surface area contributed by atoms with Crippen LogP contribution in [0.4, 0.5) is 0 Å². The number of para-hydroxylation sites is 3.